The molecule has 4 aliphatic rings. The maximum Gasteiger partial charge on any atom is 0.0830 e. The summed E-state index contributed by atoms with van der Waals surface area (Å²) in [6, 6.07) is 0. The van der Waals surface area contributed by atoms with Gasteiger partial charge in [0.15, 0.2) is 0 Å². The summed E-state index contributed by atoms with van der Waals surface area (Å²) >= 11 is 0. The van der Waals surface area contributed by atoms with E-state index in [2.05, 4.69) is 18.7 Å². The second-order valence-corrected chi connectivity index (χ2v) is 11.2. The van der Waals surface area contributed by atoms with Crippen molar-refractivity contribution in [2.45, 2.75) is 83.7 Å². The van der Waals surface area contributed by atoms with E-state index in [4.69, 9.17) is 0 Å². The molecule has 0 amide bonds. The standard InChI is InChI=1S/C24H43NO3/c1-22-10-4-3-5-18(22)6-7-19-20(22)8-11-23(2)21(19)9-12-24(23,28)17-25(13-15-26)14-16-27/h18-21,26-28H,3-17H2,1-2H3/t18-,19+,20-,21-,22+,23-,24-/m1/s1. The first-order valence-electron chi connectivity index (χ1n) is 12.0. The molecule has 4 rings (SSSR count). The van der Waals surface area contributed by atoms with Gasteiger partial charge in [0.1, 0.15) is 0 Å². The lowest BCUT2D eigenvalue weighted by molar-refractivity contribution is -0.158. The summed E-state index contributed by atoms with van der Waals surface area (Å²) in [5.74, 6) is 3.23. The topological polar surface area (TPSA) is 63.9 Å². The first-order valence-corrected chi connectivity index (χ1v) is 12.0. The maximum atomic E-state index is 11.9. The summed E-state index contributed by atoms with van der Waals surface area (Å²) < 4.78 is 0. The molecule has 0 saturated heterocycles. The van der Waals surface area contributed by atoms with Gasteiger partial charge in [-0.1, -0.05) is 26.7 Å². The van der Waals surface area contributed by atoms with Crippen LogP contribution in [0.4, 0.5) is 0 Å². The summed E-state index contributed by atoms with van der Waals surface area (Å²) in [4.78, 5) is 2.07. The van der Waals surface area contributed by atoms with E-state index >= 15 is 0 Å². The Bertz CT molecular complexity index is 550. The van der Waals surface area contributed by atoms with Crippen molar-refractivity contribution in [2.75, 3.05) is 32.8 Å². The predicted octanol–water partition coefficient (Wildman–Crippen LogP) is 3.44. The summed E-state index contributed by atoms with van der Waals surface area (Å²) in [5, 5.41) is 30.7. The second-order valence-electron chi connectivity index (χ2n) is 11.2. The first-order chi connectivity index (χ1) is 13.4. The molecule has 4 saturated carbocycles. The minimum atomic E-state index is -0.683. The maximum absolute atomic E-state index is 11.9. The van der Waals surface area contributed by atoms with E-state index in [9.17, 15) is 15.3 Å². The van der Waals surface area contributed by atoms with E-state index in [1.165, 1.54) is 44.9 Å². The van der Waals surface area contributed by atoms with Gasteiger partial charge in [0.05, 0.1) is 18.8 Å². The fourth-order valence-electron chi connectivity index (χ4n) is 8.59. The SMILES string of the molecule is C[C@]12CCCC[C@@H]1CC[C@H]1[C@H]2CC[C@]2(C)[C@@H]1CC[C@@]2(O)CN(CCO)CCO. The van der Waals surface area contributed by atoms with E-state index in [-0.39, 0.29) is 18.6 Å². The van der Waals surface area contributed by atoms with Crippen LogP contribution in [-0.4, -0.2) is 58.7 Å². The van der Waals surface area contributed by atoms with Gasteiger partial charge in [-0.2, -0.15) is 0 Å². The molecule has 0 radical (unpaired) electrons. The van der Waals surface area contributed by atoms with Gasteiger partial charge in [0, 0.05) is 25.0 Å². The van der Waals surface area contributed by atoms with Crippen molar-refractivity contribution in [1.82, 2.24) is 4.90 Å². The van der Waals surface area contributed by atoms with Crippen LogP contribution in [0.15, 0.2) is 0 Å². The molecule has 0 aromatic heterocycles. The molecule has 0 unspecified atom stereocenters. The van der Waals surface area contributed by atoms with E-state index < -0.39 is 5.60 Å². The number of fused-ring (bicyclic) bond motifs is 5. The molecule has 162 valence electrons. The van der Waals surface area contributed by atoms with Crippen LogP contribution < -0.4 is 0 Å². The lowest BCUT2D eigenvalue weighted by atomic mass is 9.44. The molecule has 4 nitrogen and oxygen atoms in total. The smallest absolute Gasteiger partial charge is 0.0830 e. The Morgan fingerprint density at radius 3 is 2.25 bits per heavy atom. The average Bonchev–Trinajstić information content (AvgIpc) is 2.93. The van der Waals surface area contributed by atoms with Crippen LogP contribution in [0, 0.1) is 34.5 Å². The predicted molar refractivity (Wildman–Crippen MR) is 112 cm³/mol. The molecule has 4 aliphatic carbocycles. The van der Waals surface area contributed by atoms with Crippen molar-refractivity contribution in [3.63, 3.8) is 0 Å². The number of hydrogen-bond donors (Lipinski definition) is 3. The highest BCUT2D eigenvalue weighted by molar-refractivity contribution is 5.14. The van der Waals surface area contributed by atoms with Crippen LogP contribution in [-0.2, 0) is 0 Å². The zero-order valence-corrected chi connectivity index (χ0v) is 18.2. The Balaban J connectivity index is 1.54. The molecule has 0 spiro atoms. The lowest BCUT2D eigenvalue weighted by Gasteiger charge is -2.61. The number of hydrogen-bond acceptors (Lipinski definition) is 4. The fraction of sp³-hybridized carbons (Fsp3) is 1.00. The monoisotopic (exact) mass is 393 g/mol. The number of nitrogens with zero attached hydrogens (tertiary/aromatic N) is 1. The van der Waals surface area contributed by atoms with E-state index in [1.54, 1.807) is 0 Å². The van der Waals surface area contributed by atoms with Crippen LogP contribution in [0.5, 0.6) is 0 Å². The molecule has 0 heterocycles. The summed E-state index contributed by atoms with van der Waals surface area (Å²) in [7, 11) is 0. The zero-order valence-electron chi connectivity index (χ0n) is 18.2. The molecule has 3 N–H and O–H groups in total. The van der Waals surface area contributed by atoms with Crippen molar-refractivity contribution in [3.05, 3.63) is 0 Å². The van der Waals surface area contributed by atoms with Gasteiger partial charge in [0.25, 0.3) is 0 Å². The Kier molecular flexibility index (Phi) is 5.90. The number of rotatable bonds is 6. The minimum Gasteiger partial charge on any atom is -0.395 e. The van der Waals surface area contributed by atoms with Crippen LogP contribution >= 0.6 is 0 Å². The minimum absolute atomic E-state index is 0.0187. The first kappa shape index (κ1) is 21.1. The normalized spacial score (nSPS) is 48.2. The van der Waals surface area contributed by atoms with E-state index in [0.29, 0.717) is 31.0 Å². The third kappa shape index (κ3) is 3.18. The van der Waals surface area contributed by atoms with Gasteiger partial charge in [-0.05, 0) is 80.5 Å². The third-order valence-corrected chi connectivity index (χ3v) is 10.2. The van der Waals surface area contributed by atoms with Crippen molar-refractivity contribution in [1.29, 1.82) is 0 Å². The van der Waals surface area contributed by atoms with Gasteiger partial charge >= 0.3 is 0 Å². The van der Waals surface area contributed by atoms with Gasteiger partial charge < -0.3 is 15.3 Å². The number of aliphatic hydroxyl groups excluding tert-OH is 2. The largest absolute Gasteiger partial charge is 0.395 e. The Morgan fingerprint density at radius 1 is 0.821 bits per heavy atom. The van der Waals surface area contributed by atoms with E-state index in [1.807, 2.05) is 0 Å². The average molecular weight is 394 g/mol. The van der Waals surface area contributed by atoms with Crippen LogP contribution in [0.25, 0.3) is 0 Å². The molecular formula is C24H43NO3. The molecule has 0 aromatic carbocycles. The molecule has 28 heavy (non-hydrogen) atoms. The Labute approximate surface area is 171 Å². The van der Waals surface area contributed by atoms with Crippen LogP contribution in [0.1, 0.15) is 78.1 Å². The van der Waals surface area contributed by atoms with Crippen molar-refractivity contribution >= 4 is 0 Å². The van der Waals surface area contributed by atoms with Gasteiger partial charge in [-0.3, -0.25) is 4.90 Å². The third-order valence-electron chi connectivity index (χ3n) is 10.2. The fourth-order valence-corrected chi connectivity index (χ4v) is 8.59. The van der Waals surface area contributed by atoms with Crippen LogP contribution in [0.2, 0.25) is 0 Å². The van der Waals surface area contributed by atoms with Crippen molar-refractivity contribution < 1.29 is 15.3 Å². The quantitative estimate of drug-likeness (QED) is 0.647. The van der Waals surface area contributed by atoms with Gasteiger partial charge in [-0.15, -0.1) is 0 Å². The lowest BCUT2D eigenvalue weighted by Crippen LogP contribution is -2.59. The van der Waals surface area contributed by atoms with Gasteiger partial charge in [-0.25, -0.2) is 0 Å². The van der Waals surface area contributed by atoms with Crippen molar-refractivity contribution in [2.24, 2.45) is 34.5 Å². The van der Waals surface area contributed by atoms with Gasteiger partial charge in [0.2, 0.25) is 0 Å². The highest BCUT2D eigenvalue weighted by atomic mass is 16.3. The number of aliphatic hydroxyl groups is 3. The van der Waals surface area contributed by atoms with E-state index in [0.717, 1.165) is 37.0 Å². The van der Waals surface area contributed by atoms with Crippen molar-refractivity contribution in [3.8, 4) is 0 Å². The molecule has 4 heteroatoms. The summed E-state index contributed by atoms with van der Waals surface area (Å²) in [5.41, 5.74) is -0.157. The van der Waals surface area contributed by atoms with Crippen LogP contribution in [0.3, 0.4) is 0 Å². The Hall–Kier alpha value is -0.160. The molecular weight excluding hydrogens is 350 g/mol. The molecule has 0 aromatic rings. The molecule has 7 atom stereocenters. The second kappa shape index (κ2) is 7.83. The summed E-state index contributed by atoms with van der Waals surface area (Å²) in [6.07, 6.45) is 13.0. The molecule has 4 fully saturated rings. The highest BCUT2D eigenvalue weighted by Gasteiger charge is 2.64. The zero-order chi connectivity index (χ0) is 20.0. The molecule has 0 aliphatic heterocycles. The highest BCUT2D eigenvalue weighted by Crippen LogP contribution is 2.68. The Morgan fingerprint density at radius 2 is 1.54 bits per heavy atom. The summed E-state index contributed by atoms with van der Waals surface area (Å²) in [6.45, 7) is 6.82. The molecule has 0 bridgehead atoms.